The van der Waals surface area contributed by atoms with Crippen molar-refractivity contribution in [3.05, 3.63) is 22.7 Å². The number of aromatic nitrogens is 2. The minimum atomic E-state index is -0.732. The molecule has 0 aliphatic rings. The molecule has 0 radical (unpaired) electrons. The fraction of sp³-hybridized carbons (Fsp3) is 0.400. The normalized spacial score (nSPS) is 13.0. The molecule has 16 heavy (non-hydrogen) atoms. The Morgan fingerprint density at radius 3 is 2.75 bits per heavy atom. The Morgan fingerprint density at radius 2 is 2.25 bits per heavy atom. The predicted molar refractivity (Wildman–Crippen MR) is 58.9 cm³/mol. The predicted octanol–water partition coefficient (Wildman–Crippen LogP) is 1.65. The van der Waals surface area contributed by atoms with Gasteiger partial charge in [0.15, 0.2) is 0 Å². The highest BCUT2D eigenvalue weighted by molar-refractivity contribution is 7.13. The molecular weight excluding hydrogens is 228 g/mol. The van der Waals surface area contributed by atoms with Crippen LogP contribution in [0.2, 0.25) is 0 Å². The van der Waals surface area contributed by atoms with Crippen LogP contribution < -0.4 is 0 Å². The minimum Gasteiger partial charge on any atom is -0.442 e. The summed E-state index contributed by atoms with van der Waals surface area (Å²) in [6.45, 7) is 3.28. The van der Waals surface area contributed by atoms with Crippen molar-refractivity contribution in [2.45, 2.75) is 26.6 Å². The number of rotatable bonds is 3. The Balaban J connectivity index is 2.39. The van der Waals surface area contributed by atoms with E-state index in [1.807, 2.05) is 0 Å². The Hall–Kier alpha value is -1.24. The van der Waals surface area contributed by atoms with Gasteiger partial charge in [0.05, 0.1) is 12.3 Å². The van der Waals surface area contributed by atoms with Gasteiger partial charge in [0.1, 0.15) is 22.6 Å². The van der Waals surface area contributed by atoms with E-state index in [1.165, 1.54) is 11.3 Å². The molecule has 0 aliphatic heterocycles. The lowest BCUT2D eigenvalue weighted by Gasteiger charge is -1.93. The van der Waals surface area contributed by atoms with Crippen LogP contribution in [0.5, 0.6) is 0 Å². The van der Waals surface area contributed by atoms with Crippen LogP contribution >= 0.6 is 11.3 Å². The van der Waals surface area contributed by atoms with Crippen LogP contribution in [0.4, 0.5) is 0 Å². The molecule has 0 aromatic carbocycles. The molecule has 5 nitrogen and oxygen atoms in total. The van der Waals surface area contributed by atoms with Gasteiger partial charge in [-0.2, -0.15) is 0 Å². The summed E-state index contributed by atoms with van der Waals surface area (Å²) in [7, 11) is 0. The number of hydrogen-bond acceptors (Lipinski definition) is 6. The average Bonchev–Trinajstić information content (AvgIpc) is 2.83. The Bertz CT molecular complexity index is 490. The molecule has 86 valence electrons. The van der Waals surface area contributed by atoms with Crippen LogP contribution in [-0.4, -0.2) is 20.2 Å². The second-order valence-corrected chi connectivity index (χ2v) is 4.29. The highest BCUT2D eigenvalue weighted by Gasteiger charge is 2.17. The molecule has 0 amide bonds. The molecule has 0 fully saturated rings. The van der Waals surface area contributed by atoms with Crippen molar-refractivity contribution >= 4 is 11.3 Å². The van der Waals surface area contributed by atoms with Crippen molar-refractivity contribution in [1.82, 2.24) is 9.97 Å². The largest absolute Gasteiger partial charge is 0.442 e. The maximum Gasteiger partial charge on any atom is 0.223 e. The van der Waals surface area contributed by atoms with Gasteiger partial charge < -0.3 is 14.6 Å². The van der Waals surface area contributed by atoms with Gasteiger partial charge in [-0.1, -0.05) is 0 Å². The van der Waals surface area contributed by atoms with E-state index in [0.29, 0.717) is 22.2 Å². The second-order valence-electron chi connectivity index (χ2n) is 3.43. The fourth-order valence-electron chi connectivity index (χ4n) is 1.28. The number of hydrogen-bond donors (Lipinski definition) is 2. The summed E-state index contributed by atoms with van der Waals surface area (Å²) in [5.74, 6) is 0.906. The van der Waals surface area contributed by atoms with Crippen molar-refractivity contribution in [3.63, 3.8) is 0 Å². The van der Waals surface area contributed by atoms with Gasteiger partial charge in [-0.15, -0.1) is 11.3 Å². The SMILES string of the molecule is Cc1oc(C(C)O)nc1-c1nc(CO)cs1. The maximum absolute atomic E-state index is 9.35. The topological polar surface area (TPSA) is 79.4 Å². The Labute approximate surface area is 96.4 Å². The summed E-state index contributed by atoms with van der Waals surface area (Å²) in [5, 5.41) is 20.7. The number of oxazole rings is 1. The van der Waals surface area contributed by atoms with E-state index in [9.17, 15) is 5.11 Å². The molecule has 0 saturated carbocycles. The van der Waals surface area contributed by atoms with Gasteiger partial charge in [-0.3, -0.25) is 0 Å². The molecule has 2 rings (SSSR count). The Kier molecular flexibility index (Phi) is 3.04. The first kappa shape index (κ1) is 11.3. The average molecular weight is 240 g/mol. The van der Waals surface area contributed by atoms with Crippen LogP contribution in [0.1, 0.15) is 30.4 Å². The number of nitrogens with zero attached hydrogens (tertiary/aromatic N) is 2. The molecular formula is C10H12N2O3S. The molecule has 1 atom stereocenters. The van der Waals surface area contributed by atoms with Crippen molar-refractivity contribution < 1.29 is 14.6 Å². The summed E-state index contributed by atoms with van der Waals surface area (Å²) < 4.78 is 5.32. The van der Waals surface area contributed by atoms with Crippen LogP contribution in [0.3, 0.4) is 0 Å². The quantitative estimate of drug-likeness (QED) is 0.852. The molecule has 0 saturated heterocycles. The molecule has 0 bridgehead atoms. The molecule has 2 aromatic heterocycles. The fourth-order valence-corrected chi connectivity index (χ4v) is 2.13. The third kappa shape index (κ3) is 1.99. The lowest BCUT2D eigenvalue weighted by Crippen LogP contribution is -1.90. The van der Waals surface area contributed by atoms with Gasteiger partial charge in [-0.05, 0) is 13.8 Å². The third-order valence-corrected chi connectivity index (χ3v) is 2.98. The molecule has 0 aliphatic carbocycles. The summed E-state index contributed by atoms with van der Waals surface area (Å²) in [4.78, 5) is 8.37. The first-order chi connectivity index (χ1) is 7.61. The zero-order valence-corrected chi connectivity index (χ0v) is 9.78. The van der Waals surface area contributed by atoms with Crippen LogP contribution in [0.25, 0.3) is 10.7 Å². The van der Waals surface area contributed by atoms with Gasteiger partial charge in [-0.25, -0.2) is 9.97 Å². The lowest BCUT2D eigenvalue weighted by molar-refractivity contribution is 0.161. The van der Waals surface area contributed by atoms with Gasteiger partial charge in [0, 0.05) is 5.38 Å². The maximum atomic E-state index is 9.35. The molecule has 1 unspecified atom stereocenters. The summed E-state index contributed by atoms with van der Waals surface area (Å²) in [5.41, 5.74) is 1.24. The molecule has 6 heteroatoms. The zero-order valence-electron chi connectivity index (χ0n) is 8.97. The van der Waals surface area contributed by atoms with Gasteiger partial charge >= 0.3 is 0 Å². The standard InChI is InChI=1S/C10H12N2O3S/c1-5(14)9-12-8(6(2)15-9)10-11-7(3-13)4-16-10/h4-5,13-14H,3H2,1-2H3. The van der Waals surface area contributed by atoms with Crippen LogP contribution in [0, 0.1) is 6.92 Å². The highest BCUT2D eigenvalue weighted by atomic mass is 32.1. The molecule has 2 aromatic rings. The summed E-state index contributed by atoms with van der Waals surface area (Å²) in [6.07, 6.45) is -0.732. The van der Waals surface area contributed by atoms with Crippen LogP contribution in [0.15, 0.2) is 9.80 Å². The van der Waals surface area contributed by atoms with E-state index in [0.717, 1.165) is 0 Å². The van der Waals surface area contributed by atoms with Gasteiger partial charge in [0.25, 0.3) is 0 Å². The van der Waals surface area contributed by atoms with E-state index in [1.54, 1.807) is 19.2 Å². The Morgan fingerprint density at radius 1 is 1.50 bits per heavy atom. The monoisotopic (exact) mass is 240 g/mol. The van der Waals surface area contributed by atoms with E-state index >= 15 is 0 Å². The van der Waals surface area contributed by atoms with E-state index in [2.05, 4.69) is 9.97 Å². The first-order valence-corrected chi connectivity index (χ1v) is 5.70. The van der Waals surface area contributed by atoms with Crippen molar-refractivity contribution in [3.8, 4) is 10.7 Å². The highest BCUT2D eigenvalue weighted by Crippen LogP contribution is 2.28. The van der Waals surface area contributed by atoms with E-state index in [-0.39, 0.29) is 12.5 Å². The van der Waals surface area contributed by atoms with Gasteiger partial charge in [0.2, 0.25) is 5.89 Å². The van der Waals surface area contributed by atoms with Crippen LogP contribution in [-0.2, 0) is 6.61 Å². The van der Waals surface area contributed by atoms with E-state index < -0.39 is 6.10 Å². The summed E-state index contributed by atoms with van der Waals surface area (Å²) >= 11 is 1.39. The van der Waals surface area contributed by atoms with E-state index in [4.69, 9.17) is 9.52 Å². The lowest BCUT2D eigenvalue weighted by atomic mass is 10.4. The third-order valence-electron chi connectivity index (χ3n) is 2.09. The summed E-state index contributed by atoms with van der Waals surface area (Å²) in [6, 6.07) is 0. The van der Waals surface area contributed by atoms with Crippen molar-refractivity contribution in [2.75, 3.05) is 0 Å². The number of thiazole rings is 1. The minimum absolute atomic E-state index is 0.0866. The second kappa shape index (κ2) is 4.32. The molecule has 0 spiro atoms. The zero-order chi connectivity index (χ0) is 11.7. The molecule has 2 heterocycles. The van der Waals surface area contributed by atoms with Crippen molar-refractivity contribution in [2.24, 2.45) is 0 Å². The number of aliphatic hydroxyl groups is 2. The number of aliphatic hydroxyl groups excluding tert-OH is 2. The van der Waals surface area contributed by atoms with Crippen molar-refractivity contribution in [1.29, 1.82) is 0 Å². The molecule has 2 N–H and O–H groups in total. The smallest absolute Gasteiger partial charge is 0.223 e. The first-order valence-electron chi connectivity index (χ1n) is 4.83. The number of aryl methyl sites for hydroxylation is 1.